The van der Waals surface area contributed by atoms with E-state index in [1.165, 1.54) is 11.2 Å². The van der Waals surface area contributed by atoms with Crippen LogP contribution < -0.4 is 15.6 Å². The fourth-order valence-electron chi connectivity index (χ4n) is 2.36. The Hall–Kier alpha value is -1.13. The van der Waals surface area contributed by atoms with Crippen molar-refractivity contribution in [3.8, 4) is 0 Å². The molecule has 0 heterocycles. The van der Waals surface area contributed by atoms with E-state index in [1.54, 1.807) is 10.4 Å². The summed E-state index contributed by atoms with van der Waals surface area (Å²) in [5, 5.41) is 4.67. The summed E-state index contributed by atoms with van der Waals surface area (Å²) >= 11 is 0. The molecule has 0 aliphatic carbocycles. The van der Waals surface area contributed by atoms with E-state index < -0.39 is 16.9 Å². The highest BCUT2D eigenvalue weighted by Gasteiger charge is 2.20. The van der Waals surface area contributed by atoms with Crippen molar-refractivity contribution in [2.24, 2.45) is 0 Å². The molecule has 0 N–H and O–H groups in total. The molecule has 2 rings (SSSR count). The Morgan fingerprint density at radius 1 is 0.842 bits per heavy atom. The molecular formula is C17H24Si2. The topological polar surface area (TPSA) is 0 Å². The van der Waals surface area contributed by atoms with Crippen molar-refractivity contribution in [3.63, 3.8) is 0 Å². The molecule has 2 aromatic rings. The third kappa shape index (κ3) is 3.25. The second kappa shape index (κ2) is 5.89. The molecule has 0 radical (unpaired) electrons. The van der Waals surface area contributed by atoms with Gasteiger partial charge in [0.2, 0.25) is 0 Å². The van der Waals surface area contributed by atoms with Crippen LogP contribution in [0.5, 0.6) is 0 Å². The van der Waals surface area contributed by atoms with Crippen molar-refractivity contribution < 1.29 is 0 Å². The van der Waals surface area contributed by atoms with Gasteiger partial charge in [0.25, 0.3) is 0 Å². The number of rotatable bonds is 4. The molecular weight excluding hydrogens is 260 g/mol. The van der Waals surface area contributed by atoms with Crippen molar-refractivity contribution in [2.75, 3.05) is 0 Å². The molecule has 1 unspecified atom stereocenters. The Balaban J connectivity index is 2.24. The van der Waals surface area contributed by atoms with Crippen molar-refractivity contribution in [2.45, 2.75) is 32.6 Å². The van der Waals surface area contributed by atoms with E-state index in [0.29, 0.717) is 0 Å². The second-order valence-corrected chi connectivity index (χ2v) is 13.8. The molecule has 0 nitrogen and oxygen atoms in total. The van der Waals surface area contributed by atoms with Crippen LogP contribution in [0.3, 0.4) is 0 Å². The van der Waals surface area contributed by atoms with Gasteiger partial charge in [-0.25, -0.2) is 0 Å². The lowest BCUT2D eigenvalue weighted by molar-refractivity contribution is 1.37. The predicted octanol–water partition coefficient (Wildman–Crippen LogP) is 2.59. The first kappa shape index (κ1) is 14.3. The third-order valence-electron chi connectivity index (χ3n) is 4.38. The van der Waals surface area contributed by atoms with Gasteiger partial charge < -0.3 is 0 Å². The minimum Gasteiger partial charge on any atom is -0.0675 e. The van der Waals surface area contributed by atoms with E-state index in [-0.39, 0.29) is 0 Å². The predicted molar refractivity (Wildman–Crippen MR) is 92.8 cm³/mol. The first-order chi connectivity index (χ1) is 9.04. The average Bonchev–Trinajstić information content (AvgIpc) is 2.47. The molecule has 0 saturated carbocycles. The molecule has 0 bridgehead atoms. The molecule has 0 aromatic heterocycles. The largest absolute Gasteiger partial charge is 0.0997 e. The molecule has 0 aliphatic heterocycles. The zero-order chi connectivity index (χ0) is 13.9. The molecule has 0 fully saturated rings. The molecule has 0 saturated heterocycles. The minimum absolute atomic E-state index is 0.987. The Morgan fingerprint density at radius 2 is 1.37 bits per heavy atom. The van der Waals surface area contributed by atoms with Gasteiger partial charge in [-0.05, 0) is 0 Å². The lowest BCUT2D eigenvalue weighted by Crippen LogP contribution is -2.43. The van der Waals surface area contributed by atoms with Gasteiger partial charge in [0, 0.05) is 0 Å². The normalized spacial score (nSPS) is 13.3. The lowest BCUT2D eigenvalue weighted by atomic mass is 10.4. The minimum atomic E-state index is -1.17. The maximum Gasteiger partial charge on any atom is 0.0997 e. The fraction of sp³-hybridized carbons (Fsp3) is 0.294. The van der Waals surface area contributed by atoms with Crippen LogP contribution in [0.4, 0.5) is 0 Å². The average molecular weight is 285 g/mol. The number of hydrogen-bond acceptors (Lipinski definition) is 0. The highest BCUT2D eigenvalue weighted by Crippen LogP contribution is 2.08. The summed E-state index contributed by atoms with van der Waals surface area (Å²) < 4.78 is 0. The van der Waals surface area contributed by atoms with Crippen molar-refractivity contribution >= 4 is 32.4 Å². The maximum atomic E-state index is 2.46. The standard InChI is InChI=1S/C17H24Si2/c1-5-19(3,4)17-13-11-16(12-14-17)18(2)15-9-7-6-8-10-15/h6-14,18H,5H2,1-4H3. The van der Waals surface area contributed by atoms with E-state index in [4.69, 9.17) is 0 Å². The van der Waals surface area contributed by atoms with Crippen LogP contribution >= 0.6 is 0 Å². The molecule has 19 heavy (non-hydrogen) atoms. The van der Waals surface area contributed by atoms with Gasteiger partial charge in [-0.3, -0.25) is 0 Å². The summed E-state index contributed by atoms with van der Waals surface area (Å²) in [6.07, 6.45) is 0. The van der Waals surface area contributed by atoms with Crippen LogP contribution in [0, 0.1) is 0 Å². The summed E-state index contributed by atoms with van der Waals surface area (Å²) in [5.41, 5.74) is 0. The molecule has 0 aliphatic rings. The van der Waals surface area contributed by atoms with Gasteiger partial charge in [-0.2, -0.15) is 0 Å². The lowest BCUT2D eigenvalue weighted by Gasteiger charge is -2.21. The van der Waals surface area contributed by atoms with Crippen LogP contribution in [0.1, 0.15) is 6.92 Å². The molecule has 0 amide bonds. The number of benzene rings is 2. The smallest absolute Gasteiger partial charge is 0.0675 e. The van der Waals surface area contributed by atoms with Gasteiger partial charge >= 0.3 is 0 Å². The van der Waals surface area contributed by atoms with Crippen LogP contribution in [-0.2, 0) is 0 Å². The Labute approximate surface area is 120 Å². The van der Waals surface area contributed by atoms with Gasteiger partial charge in [-0.1, -0.05) is 103 Å². The summed E-state index contributed by atoms with van der Waals surface area (Å²) in [5.74, 6) is 0. The molecule has 2 aromatic carbocycles. The van der Waals surface area contributed by atoms with Crippen LogP contribution in [-0.4, -0.2) is 16.9 Å². The quantitative estimate of drug-likeness (QED) is 0.757. The monoisotopic (exact) mass is 284 g/mol. The molecule has 0 spiro atoms. The fourth-order valence-corrected chi connectivity index (χ4v) is 5.79. The Morgan fingerprint density at radius 3 is 1.89 bits per heavy atom. The van der Waals surface area contributed by atoms with E-state index in [2.05, 4.69) is 81.2 Å². The maximum absolute atomic E-state index is 2.46. The van der Waals surface area contributed by atoms with Crippen molar-refractivity contribution in [3.05, 3.63) is 54.6 Å². The van der Waals surface area contributed by atoms with E-state index in [0.717, 1.165) is 0 Å². The summed E-state index contributed by atoms with van der Waals surface area (Å²) in [4.78, 5) is 0. The van der Waals surface area contributed by atoms with E-state index in [1.807, 2.05) is 0 Å². The van der Waals surface area contributed by atoms with Crippen LogP contribution in [0.2, 0.25) is 25.7 Å². The molecule has 1 atom stereocenters. The van der Waals surface area contributed by atoms with E-state index in [9.17, 15) is 0 Å². The third-order valence-corrected chi connectivity index (χ3v) is 10.8. The zero-order valence-corrected chi connectivity index (χ0v) is 14.6. The van der Waals surface area contributed by atoms with Crippen molar-refractivity contribution in [1.82, 2.24) is 0 Å². The van der Waals surface area contributed by atoms with Gasteiger partial charge in [-0.15, -0.1) is 0 Å². The molecule has 100 valence electrons. The van der Waals surface area contributed by atoms with Crippen molar-refractivity contribution in [1.29, 1.82) is 0 Å². The molecule has 2 heteroatoms. The summed E-state index contributed by atoms with van der Waals surface area (Å²) in [7, 11) is -2.16. The second-order valence-electron chi connectivity index (χ2n) is 5.99. The first-order valence-electron chi connectivity index (χ1n) is 7.20. The highest BCUT2D eigenvalue weighted by molar-refractivity contribution is 6.90. The summed E-state index contributed by atoms with van der Waals surface area (Å²) in [6.45, 7) is 9.66. The first-order valence-corrected chi connectivity index (χ1v) is 12.7. The van der Waals surface area contributed by atoms with Crippen LogP contribution in [0.15, 0.2) is 54.6 Å². The highest BCUT2D eigenvalue weighted by atomic mass is 28.3. The Kier molecular flexibility index (Phi) is 4.43. The zero-order valence-electron chi connectivity index (χ0n) is 12.5. The number of hydrogen-bond donors (Lipinski definition) is 0. The summed E-state index contributed by atoms with van der Waals surface area (Å²) in [6, 6.07) is 21.8. The SMILES string of the molecule is CC[Si](C)(C)c1ccc([SiH](C)c2ccccc2)cc1. The van der Waals surface area contributed by atoms with Gasteiger partial charge in [0.1, 0.15) is 0 Å². The van der Waals surface area contributed by atoms with Crippen LogP contribution in [0.25, 0.3) is 0 Å². The van der Waals surface area contributed by atoms with E-state index >= 15 is 0 Å². The Bertz CT molecular complexity index is 515. The van der Waals surface area contributed by atoms with Gasteiger partial charge in [0.05, 0.1) is 16.9 Å². The van der Waals surface area contributed by atoms with Gasteiger partial charge in [0.15, 0.2) is 0 Å².